The number of esters is 1. The molecule has 4 nitrogen and oxygen atoms in total. The second-order valence-corrected chi connectivity index (χ2v) is 6.71. The molecule has 3 aromatic carbocycles. The summed E-state index contributed by atoms with van der Waals surface area (Å²) in [5.41, 5.74) is 3.63. The van der Waals surface area contributed by atoms with Crippen LogP contribution < -0.4 is 4.74 Å². The molecular weight excluding hydrogens is 369 g/mol. The number of hydrogen-bond acceptors (Lipinski definition) is 3. The zero-order valence-electron chi connectivity index (χ0n) is 16.2. The summed E-state index contributed by atoms with van der Waals surface area (Å²) in [6, 6.07) is 21.7. The number of aromatic nitrogens is 1. The van der Waals surface area contributed by atoms with Gasteiger partial charge in [-0.2, -0.15) is 0 Å². The lowest BCUT2D eigenvalue weighted by atomic mass is 10.1. The predicted octanol–water partition coefficient (Wildman–Crippen LogP) is 5.29. The quantitative estimate of drug-likeness (QED) is 0.436. The van der Waals surface area contributed by atoms with E-state index in [0.29, 0.717) is 17.7 Å². The maximum atomic E-state index is 14.6. The second kappa shape index (κ2) is 7.80. The molecule has 0 atom stereocenters. The standard InChI is InChI=1S/C24H20FNO3/c1-28-19-10-11-22-18(13-19)14-23(20-8-3-4-9-21(20)25)26(22)15-16-6-5-7-17(12-16)24(27)29-2/h3-14H,15H2,1-2H3. The third-order valence-electron chi connectivity index (χ3n) is 4.95. The third-order valence-corrected chi connectivity index (χ3v) is 4.95. The first kappa shape index (κ1) is 18.7. The number of hydrogen-bond donors (Lipinski definition) is 0. The number of carbonyl (C=O) groups is 1. The van der Waals surface area contributed by atoms with Crippen LogP contribution in [-0.4, -0.2) is 24.8 Å². The minimum atomic E-state index is -0.386. The van der Waals surface area contributed by atoms with Gasteiger partial charge >= 0.3 is 5.97 Å². The first-order valence-corrected chi connectivity index (χ1v) is 9.20. The average Bonchev–Trinajstić information content (AvgIpc) is 3.10. The molecule has 0 unspecified atom stereocenters. The Kier molecular flexibility index (Phi) is 5.04. The van der Waals surface area contributed by atoms with Crippen molar-refractivity contribution in [3.8, 4) is 17.0 Å². The molecule has 0 N–H and O–H groups in total. The van der Waals surface area contributed by atoms with Crippen LogP contribution in [-0.2, 0) is 11.3 Å². The molecule has 1 aromatic heterocycles. The van der Waals surface area contributed by atoms with Crippen molar-refractivity contribution < 1.29 is 18.7 Å². The fraction of sp³-hybridized carbons (Fsp3) is 0.125. The molecule has 146 valence electrons. The number of rotatable bonds is 5. The summed E-state index contributed by atoms with van der Waals surface area (Å²) < 4.78 is 26.8. The fourth-order valence-electron chi connectivity index (χ4n) is 3.54. The molecule has 29 heavy (non-hydrogen) atoms. The van der Waals surface area contributed by atoms with Crippen molar-refractivity contribution in [2.75, 3.05) is 14.2 Å². The van der Waals surface area contributed by atoms with Crippen LogP contribution in [0.1, 0.15) is 15.9 Å². The molecule has 0 saturated heterocycles. The largest absolute Gasteiger partial charge is 0.497 e. The molecule has 0 spiro atoms. The summed E-state index contributed by atoms with van der Waals surface area (Å²) in [6.45, 7) is 0.477. The second-order valence-electron chi connectivity index (χ2n) is 6.71. The molecule has 4 aromatic rings. The fourth-order valence-corrected chi connectivity index (χ4v) is 3.54. The molecule has 0 bridgehead atoms. The van der Waals surface area contributed by atoms with Crippen LogP contribution in [0, 0.1) is 5.82 Å². The lowest BCUT2D eigenvalue weighted by Gasteiger charge is -2.13. The summed E-state index contributed by atoms with van der Waals surface area (Å²) in [7, 11) is 2.98. The smallest absolute Gasteiger partial charge is 0.337 e. The van der Waals surface area contributed by atoms with Crippen molar-refractivity contribution in [3.63, 3.8) is 0 Å². The lowest BCUT2D eigenvalue weighted by molar-refractivity contribution is 0.0600. The van der Waals surface area contributed by atoms with Crippen LogP contribution in [0.15, 0.2) is 72.8 Å². The molecule has 0 saturated carbocycles. The van der Waals surface area contributed by atoms with Crippen molar-refractivity contribution in [2.24, 2.45) is 0 Å². The van der Waals surface area contributed by atoms with Gasteiger partial charge in [-0.05, 0) is 54.1 Å². The van der Waals surface area contributed by atoms with Crippen LogP contribution in [0.2, 0.25) is 0 Å². The van der Waals surface area contributed by atoms with Gasteiger partial charge in [0.15, 0.2) is 0 Å². The van der Waals surface area contributed by atoms with Crippen LogP contribution in [0.25, 0.3) is 22.2 Å². The molecular formula is C24H20FNO3. The first-order chi connectivity index (χ1) is 14.1. The van der Waals surface area contributed by atoms with Crippen LogP contribution in [0.3, 0.4) is 0 Å². The van der Waals surface area contributed by atoms with Crippen LogP contribution >= 0.6 is 0 Å². The maximum absolute atomic E-state index is 14.6. The molecule has 5 heteroatoms. The molecule has 1 heterocycles. The number of ether oxygens (including phenoxy) is 2. The Hall–Kier alpha value is -3.60. The van der Waals surface area contributed by atoms with Gasteiger partial charge in [0, 0.05) is 23.0 Å². The van der Waals surface area contributed by atoms with E-state index in [9.17, 15) is 9.18 Å². The number of fused-ring (bicyclic) bond motifs is 1. The third kappa shape index (κ3) is 3.59. The normalized spacial score (nSPS) is 10.9. The number of carbonyl (C=O) groups excluding carboxylic acids is 1. The van der Waals surface area contributed by atoms with Crippen LogP contribution in [0.5, 0.6) is 5.75 Å². The topological polar surface area (TPSA) is 40.5 Å². The van der Waals surface area contributed by atoms with Gasteiger partial charge in [0.1, 0.15) is 11.6 Å². The molecule has 0 aliphatic carbocycles. The van der Waals surface area contributed by atoms with E-state index in [-0.39, 0.29) is 11.8 Å². The maximum Gasteiger partial charge on any atom is 0.337 e. The lowest BCUT2D eigenvalue weighted by Crippen LogP contribution is -2.05. The van der Waals surface area contributed by atoms with Gasteiger partial charge in [0.05, 0.1) is 25.5 Å². The van der Waals surface area contributed by atoms with E-state index in [2.05, 4.69) is 0 Å². The highest BCUT2D eigenvalue weighted by atomic mass is 19.1. The van der Waals surface area contributed by atoms with Gasteiger partial charge in [0.2, 0.25) is 0 Å². The van der Waals surface area contributed by atoms with E-state index in [1.807, 2.05) is 47.0 Å². The van der Waals surface area contributed by atoms with E-state index < -0.39 is 0 Å². The Morgan fingerprint density at radius 3 is 2.55 bits per heavy atom. The Morgan fingerprint density at radius 1 is 0.966 bits per heavy atom. The van der Waals surface area contributed by atoms with Crippen molar-refractivity contribution in [3.05, 3.63) is 89.7 Å². The predicted molar refractivity (Wildman–Crippen MR) is 111 cm³/mol. The minimum Gasteiger partial charge on any atom is -0.497 e. The van der Waals surface area contributed by atoms with Gasteiger partial charge in [-0.25, -0.2) is 9.18 Å². The Balaban J connectivity index is 1.87. The Morgan fingerprint density at radius 2 is 1.79 bits per heavy atom. The summed E-state index contributed by atoms with van der Waals surface area (Å²) in [5.74, 6) is 0.0672. The molecule has 4 rings (SSSR count). The van der Waals surface area contributed by atoms with Gasteiger partial charge in [-0.3, -0.25) is 0 Å². The highest BCUT2D eigenvalue weighted by Gasteiger charge is 2.15. The van der Waals surface area contributed by atoms with E-state index in [0.717, 1.165) is 27.9 Å². The van der Waals surface area contributed by atoms with Crippen molar-refractivity contribution in [1.29, 1.82) is 0 Å². The number of halogens is 1. The summed E-state index contributed by atoms with van der Waals surface area (Å²) in [4.78, 5) is 11.9. The monoisotopic (exact) mass is 389 g/mol. The van der Waals surface area contributed by atoms with Crippen molar-refractivity contribution in [2.45, 2.75) is 6.54 Å². The van der Waals surface area contributed by atoms with E-state index in [1.54, 1.807) is 31.4 Å². The average molecular weight is 389 g/mol. The Labute approximate surface area is 168 Å². The molecule has 0 fully saturated rings. The summed E-state index contributed by atoms with van der Waals surface area (Å²) >= 11 is 0. The number of nitrogens with zero attached hydrogens (tertiary/aromatic N) is 1. The minimum absolute atomic E-state index is 0.285. The van der Waals surface area contributed by atoms with Crippen molar-refractivity contribution >= 4 is 16.9 Å². The van der Waals surface area contributed by atoms with Crippen LogP contribution in [0.4, 0.5) is 4.39 Å². The van der Waals surface area contributed by atoms with E-state index in [1.165, 1.54) is 13.2 Å². The van der Waals surface area contributed by atoms with E-state index >= 15 is 0 Å². The SMILES string of the molecule is COC(=O)c1cccc(Cn2c(-c3ccccc3F)cc3cc(OC)ccc32)c1. The van der Waals surface area contributed by atoms with Crippen molar-refractivity contribution in [1.82, 2.24) is 4.57 Å². The number of benzene rings is 3. The highest BCUT2D eigenvalue weighted by molar-refractivity contribution is 5.90. The molecule has 0 aliphatic rings. The number of methoxy groups -OCH3 is 2. The van der Waals surface area contributed by atoms with Gasteiger partial charge in [0.25, 0.3) is 0 Å². The van der Waals surface area contributed by atoms with Gasteiger partial charge in [-0.1, -0.05) is 24.3 Å². The zero-order chi connectivity index (χ0) is 20.4. The van der Waals surface area contributed by atoms with Gasteiger partial charge < -0.3 is 14.0 Å². The highest BCUT2D eigenvalue weighted by Crippen LogP contribution is 2.32. The molecule has 0 aliphatic heterocycles. The zero-order valence-corrected chi connectivity index (χ0v) is 16.2. The first-order valence-electron chi connectivity index (χ1n) is 9.20. The molecule has 0 amide bonds. The summed E-state index contributed by atoms with van der Waals surface area (Å²) in [5, 5.41) is 0.951. The van der Waals surface area contributed by atoms with E-state index in [4.69, 9.17) is 9.47 Å². The molecule has 0 radical (unpaired) electrons. The summed E-state index contributed by atoms with van der Waals surface area (Å²) in [6.07, 6.45) is 0. The Bertz CT molecular complexity index is 1200. The van der Waals surface area contributed by atoms with Gasteiger partial charge in [-0.15, -0.1) is 0 Å².